The minimum Gasteiger partial charge on any atom is -0.416 e. The molecular formula is C19H13N3O. The average Bonchev–Trinajstić information content (AvgIpc) is 3.14. The quantitative estimate of drug-likeness (QED) is 0.560. The number of pyridine rings is 1. The van der Waals surface area contributed by atoms with Gasteiger partial charge in [-0.15, -0.1) is 10.2 Å². The fourth-order valence-corrected chi connectivity index (χ4v) is 2.40. The Bertz CT molecular complexity index is 918. The molecule has 110 valence electrons. The van der Waals surface area contributed by atoms with Crippen molar-refractivity contribution < 1.29 is 4.42 Å². The van der Waals surface area contributed by atoms with Gasteiger partial charge in [0, 0.05) is 29.1 Å². The predicted octanol–water partition coefficient (Wildman–Crippen LogP) is 4.47. The van der Waals surface area contributed by atoms with Gasteiger partial charge in [0.15, 0.2) is 0 Å². The molecule has 0 aliphatic rings. The van der Waals surface area contributed by atoms with Crippen LogP contribution in [0.2, 0.25) is 0 Å². The summed E-state index contributed by atoms with van der Waals surface area (Å²) in [5.41, 5.74) is 3.92. The molecule has 0 atom stereocenters. The summed E-state index contributed by atoms with van der Waals surface area (Å²) in [6.45, 7) is 0. The maximum absolute atomic E-state index is 5.81. The molecule has 0 saturated carbocycles. The van der Waals surface area contributed by atoms with Gasteiger partial charge in [0.2, 0.25) is 11.8 Å². The van der Waals surface area contributed by atoms with Gasteiger partial charge in [-0.2, -0.15) is 0 Å². The van der Waals surface area contributed by atoms with E-state index in [0.717, 1.165) is 22.3 Å². The largest absolute Gasteiger partial charge is 0.416 e. The van der Waals surface area contributed by atoms with Crippen molar-refractivity contribution in [3.05, 3.63) is 79.1 Å². The number of rotatable bonds is 3. The molecule has 0 aliphatic carbocycles. The zero-order valence-electron chi connectivity index (χ0n) is 12.3. The maximum Gasteiger partial charge on any atom is 0.248 e. The highest BCUT2D eigenvalue weighted by atomic mass is 16.4. The number of hydrogen-bond acceptors (Lipinski definition) is 4. The highest BCUT2D eigenvalue weighted by Gasteiger charge is 2.10. The van der Waals surface area contributed by atoms with Crippen LogP contribution < -0.4 is 0 Å². The highest BCUT2D eigenvalue weighted by Crippen LogP contribution is 2.27. The minimum absolute atomic E-state index is 0.509. The molecule has 0 bridgehead atoms. The topological polar surface area (TPSA) is 51.8 Å². The standard InChI is InChI=1S/C19H13N3O/c1-2-6-14(7-3-1)18-21-22-19(23-18)16-9-4-8-15(12-16)17-10-5-11-20-13-17/h1-13H. The van der Waals surface area contributed by atoms with Gasteiger partial charge in [0.25, 0.3) is 0 Å². The zero-order valence-corrected chi connectivity index (χ0v) is 12.3. The first kappa shape index (κ1) is 13.4. The van der Waals surface area contributed by atoms with E-state index in [9.17, 15) is 0 Å². The predicted molar refractivity (Wildman–Crippen MR) is 88.4 cm³/mol. The van der Waals surface area contributed by atoms with Gasteiger partial charge < -0.3 is 4.42 Å². The van der Waals surface area contributed by atoms with Gasteiger partial charge >= 0.3 is 0 Å². The van der Waals surface area contributed by atoms with Crippen LogP contribution in [-0.2, 0) is 0 Å². The third-order valence-electron chi connectivity index (χ3n) is 3.55. The van der Waals surface area contributed by atoms with E-state index >= 15 is 0 Å². The van der Waals surface area contributed by atoms with Crippen molar-refractivity contribution >= 4 is 0 Å². The molecule has 23 heavy (non-hydrogen) atoms. The summed E-state index contributed by atoms with van der Waals surface area (Å²) in [6.07, 6.45) is 3.60. The van der Waals surface area contributed by atoms with Gasteiger partial charge in [0.1, 0.15) is 0 Å². The monoisotopic (exact) mass is 299 g/mol. The minimum atomic E-state index is 0.509. The molecule has 4 heteroatoms. The number of aromatic nitrogens is 3. The summed E-state index contributed by atoms with van der Waals surface area (Å²) in [5.74, 6) is 1.03. The Morgan fingerprint density at radius 2 is 1.30 bits per heavy atom. The fraction of sp³-hybridized carbons (Fsp3) is 0. The molecule has 4 rings (SSSR count). The molecule has 0 unspecified atom stereocenters. The molecule has 0 radical (unpaired) electrons. The smallest absolute Gasteiger partial charge is 0.248 e. The first-order valence-corrected chi connectivity index (χ1v) is 7.30. The van der Waals surface area contributed by atoms with Gasteiger partial charge in [-0.25, -0.2) is 0 Å². The van der Waals surface area contributed by atoms with Gasteiger partial charge in [-0.05, 0) is 35.9 Å². The fourth-order valence-electron chi connectivity index (χ4n) is 2.40. The number of benzene rings is 2. The average molecular weight is 299 g/mol. The van der Waals surface area contributed by atoms with Crippen LogP contribution in [-0.4, -0.2) is 15.2 Å². The third-order valence-corrected chi connectivity index (χ3v) is 3.55. The van der Waals surface area contributed by atoms with Crippen LogP contribution >= 0.6 is 0 Å². The molecule has 4 aromatic rings. The van der Waals surface area contributed by atoms with Crippen molar-refractivity contribution in [2.75, 3.05) is 0 Å². The molecule has 0 N–H and O–H groups in total. The van der Waals surface area contributed by atoms with Crippen molar-refractivity contribution in [2.45, 2.75) is 0 Å². The first-order chi connectivity index (χ1) is 11.4. The lowest BCUT2D eigenvalue weighted by Crippen LogP contribution is -1.82. The molecular weight excluding hydrogens is 286 g/mol. The Morgan fingerprint density at radius 1 is 0.609 bits per heavy atom. The summed E-state index contributed by atoms with van der Waals surface area (Å²) in [4.78, 5) is 4.16. The van der Waals surface area contributed by atoms with Crippen LogP contribution in [0, 0.1) is 0 Å². The maximum atomic E-state index is 5.81. The third kappa shape index (κ3) is 2.74. The molecule has 4 nitrogen and oxygen atoms in total. The van der Waals surface area contributed by atoms with Crippen LogP contribution in [0.1, 0.15) is 0 Å². The number of nitrogens with zero attached hydrogens (tertiary/aromatic N) is 3. The van der Waals surface area contributed by atoms with Gasteiger partial charge in [-0.3, -0.25) is 4.98 Å². The van der Waals surface area contributed by atoms with E-state index < -0.39 is 0 Å². The summed E-state index contributed by atoms with van der Waals surface area (Å²) in [6, 6.07) is 21.7. The molecule has 2 aromatic heterocycles. The summed E-state index contributed by atoms with van der Waals surface area (Å²) >= 11 is 0. The lowest BCUT2D eigenvalue weighted by Gasteiger charge is -2.02. The lowest BCUT2D eigenvalue weighted by atomic mass is 10.1. The van der Waals surface area contributed by atoms with Crippen LogP contribution in [0.5, 0.6) is 0 Å². The normalized spacial score (nSPS) is 10.6. The van der Waals surface area contributed by atoms with Gasteiger partial charge in [0.05, 0.1) is 0 Å². The molecule has 0 saturated heterocycles. The summed E-state index contributed by atoms with van der Waals surface area (Å²) < 4.78 is 5.81. The Hall–Kier alpha value is -3.27. The Morgan fingerprint density at radius 3 is 2.09 bits per heavy atom. The Kier molecular flexibility index (Phi) is 3.41. The molecule has 0 aliphatic heterocycles. The molecule has 0 amide bonds. The van der Waals surface area contributed by atoms with E-state index in [1.165, 1.54) is 0 Å². The molecule has 0 fully saturated rings. The van der Waals surface area contributed by atoms with Gasteiger partial charge in [-0.1, -0.05) is 36.4 Å². The molecule has 2 heterocycles. The van der Waals surface area contributed by atoms with Crippen molar-refractivity contribution in [1.29, 1.82) is 0 Å². The summed E-state index contributed by atoms with van der Waals surface area (Å²) in [7, 11) is 0. The molecule has 2 aromatic carbocycles. The lowest BCUT2D eigenvalue weighted by molar-refractivity contribution is 0.584. The van der Waals surface area contributed by atoms with Crippen LogP contribution in [0.4, 0.5) is 0 Å². The molecule has 0 spiro atoms. The second-order valence-electron chi connectivity index (χ2n) is 5.10. The Labute approximate surface area is 133 Å². The van der Waals surface area contributed by atoms with Crippen molar-refractivity contribution in [1.82, 2.24) is 15.2 Å². The van der Waals surface area contributed by atoms with E-state index in [1.807, 2.05) is 72.9 Å². The first-order valence-electron chi connectivity index (χ1n) is 7.30. The Balaban J connectivity index is 1.71. The van der Waals surface area contributed by atoms with Crippen LogP contribution in [0.3, 0.4) is 0 Å². The second-order valence-corrected chi connectivity index (χ2v) is 5.10. The summed E-state index contributed by atoms with van der Waals surface area (Å²) in [5, 5.41) is 8.30. The zero-order chi connectivity index (χ0) is 15.5. The van der Waals surface area contributed by atoms with E-state index in [2.05, 4.69) is 15.2 Å². The second kappa shape index (κ2) is 5.85. The van der Waals surface area contributed by atoms with E-state index in [-0.39, 0.29) is 0 Å². The van der Waals surface area contributed by atoms with Crippen molar-refractivity contribution in [3.63, 3.8) is 0 Å². The number of hydrogen-bond donors (Lipinski definition) is 0. The van der Waals surface area contributed by atoms with Crippen molar-refractivity contribution in [3.8, 4) is 34.0 Å². The van der Waals surface area contributed by atoms with E-state index in [0.29, 0.717) is 11.8 Å². The SMILES string of the molecule is c1ccc(-c2nnc(-c3cccc(-c4cccnc4)c3)o2)cc1. The van der Waals surface area contributed by atoms with E-state index in [4.69, 9.17) is 4.42 Å². The van der Waals surface area contributed by atoms with Crippen molar-refractivity contribution in [2.24, 2.45) is 0 Å². The van der Waals surface area contributed by atoms with Crippen LogP contribution in [0.15, 0.2) is 83.5 Å². The highest BCUT2D eigenvalue weighted by molar-refractivity contribution is 5.69. The van der Waals surface area contributed by atoms with Crippen LogP contribution in [0.25, 0.3) is 34.0 Å². The van der Waals surface area contributed by atoms with E-state index in [1.54, 1.807) is 6.20 Å².